The molecule has 0 bridgehead atoms. The lowest BCUT2D eigenvalue weighted by atomic mass is 9.90. The minimum absolute atomic E-state index is 0.0850. The largest absolute Gasteiger partial charge is 0.508 e. The van der Waals surface area contributed by atoms with E-state index in [2.05, 4.69) is 0 Å². The fraction of sp³-hybridized carbons (Fsp3) is 0.579. The van der Waals surface area contributed by atoms with E-state index >= 15 is 0 Å². The molecule has 0 aliphatic heterocycles. The fourth-order valence-corrected chi connectivity index (χ4v) is 5.51. The first-order valence-electron chi connectivity index (χ1n) is 9.14. The van der Waals surface area contributed by atoms with Crippen LogP contribution in [0.25, 0.3) is 0 Å². The number of phenolic OH excluding ortho intramolecular Hbond substituents is 1. The van der Waals surface area contributed by atoms with Gasteiger partial charge < -0.3 is 18.4 Å². The van der Waals surface area contributed by atoms with Gasteiger partial charge in [0.1, 0.15) is 11.5 Å². The Hall–Kier alpha value is -1.54. The van der Waals surface area contributed by atoms with Crippen LogP contribution in [0, 0.1) is 5.92 Å². The zero-order valence-corrected chi connectivity index (χ0v) is 17.1. The van der Waals surface area contributed by atoms with Gasteiger partial charge in [-0.25, -0.2) is 0 Å². The molecule has 7 heteroatoms. The molecule has 146 valence electrons. The van der Waals surface area contributed by atoms with Crippen molar-refractivity contribution in [1.82, 2.24) is 0 Å². The third kappa shape index (κ3) is 6.64. The topological polar surface area (TPSA) is 82.1 Å². The summed E-state index contributed by atoms with van der Waals surface area (Å²) in [5, 5.41) is 9.35. The molecule has 1 aromatic carbocycles. The zero-order chi connectivity index (χ0) is 19.6. The summed E-state index contributed by atoms with van der Waals surface area (Å²) < 4.78 is 17.4. The van der Waals surface area contributed by atoms with E-state index < -0.39 is 14.7 Å². The lowest BCUT2D eigenvalue weighted by Crippen LogP contribution is -2.46. The van der Waals surface area contributed by atoms with Crippen molar-refractivity contribution in [3.63, 3.8) is 0 Å². The summed E-state index contributed by atoms with van der Waals surface area (Å²) in [6.07, 6.45) is 1.01. The van der Waals surface area contributed by atoms with E-state index in [0.717, 1.165) is 0 Å². The van der Waals surface area contributed by atoms with Gasteiger partial charge in [-0.2, -0.15) is 0 Å². The lowest BCUT2D eigenvalue weighted by Gasteiger charge is -2.28. The standard InChI is InChI=1S/C19H30O6Si/c1-5-23-26(24-6-2,25-7-3)14-8-9-18(15(4)20)19(22)16-10-12-17(21)13-11-16/h10-13,18,21H,5-9,14H2,1-4H3. The minimum Gasteiger partial charge on any atom is -0.508 e. The van der Waals surface area contributed by atoms with Gasteiger partial charge in [0.15, 0.2) is 5.78 Å². The van der Waals surface area contributed by atoms with Crippen molar-refractivity contribution < 1.29 is 28.0 Å². The van der Waals surface area contributed by atoms with Crippen LogP contribution in [0.1, 0.15) is 50.9 Å². The summed E-state index contributed by atoms with van der Waals surface area (Å²) in [6.45, 7) is 8.60. The molecule has 1 unspecified atom stereocenters. The Balaban J connectivity index is 2.79. The van der Waals surface area contributed by atoms with E-state index in [0.29, 0.717) is 44.3 Å². The quantitative estimate of drug-likeness (QED) is 0.319. The first-order chi connectivity index (χ1) is 12.4. The van der Waals surface area contributed by atoms with Gasteiger partial charge in [0.25, 0.3) is 0 Å². The Bertz CT molecular complexity index is 555. The molecular formula is C19H30O6Si. The molecule has 1 N–H and O–H groups in total. The first-order valence-corrected chi connectivity index (χ1v) is 11.1. The van der Waals surface area contributed by atoms with Crippen molar-refractivity contribution in [2.24, 2.45) is 5.92 Å². The highest BCUT2D eigenvalue weighted by Gasteiger charge is 2.40. The predicted octanol–water partition coefficient (Wildman–Crippen LogP) is 3.61. The van der Waals surface area contributed by atoms with Crippen molar-refractivity contribution in [1.29, 1.82) is 0 Å². The van der Waals surface area contributed by atoms with Gasteiger partial charge in [0, 0.05) is 31.4 Å². The van der Waals surface area contributed by atoms with Gasteiger partial charge in [0.2, 0.25) is 0 Å². The lowest BCUT2D eigenvalue weighted by molar-refractivity contribution is -0.119. The molecule has 1 rings (SSSR count). The predicted molar refractivity (Wildman–Crippen MR) is 101 cm³/mol. The van der Waals surface area contributed by atoms with Crippen LogP contribution in [-0.4, -0.2) is 45.3 Å². The second kappa shape index (κ2) is 11.2. The van der Waals surface area contributed by atoms with E-state index in [1.54, 1.807) is 0 Å². The summed E-state index contributed by atoms with van der Waals surface area (Å²) in [5.41, 5.74) is 0.422. The van der Waals surface area contributed by atoms with E-state index in [1.165, 1.54) is 31.2 Å². The number of rotatable bonds is 13. The molecule has 26 heavy (non-hydrogen) atoms. The molecule has 6 nitrogen and oxygen atoms in total. The average Bonchev–Trinajstić information content (AvgIpc) is 2.59. The van der Waals surface area contributed by atoms with E-state index in [1.807, 2.05) is 20.8 Å². The highest BCUT2D eigenvalue weighted by molar-refractivity contribution is 6.60. The Morgan fingerprint density at radius 2 is 1.50 bits per heavy atom. The maximum atomic E-state index is 12.6. The number of aromatic hydroxyl groups is 1. The SMILES string of the molecule is CCO[Si](CCCC(C(C)=O)C(=O)c1ccc(O)cc1)(OCC)OCC. The maximum absolute atomic E-state index is 12.6. The molecule has 0 aliphatic rings. The molecule has 0 aromatic heterocycles. The highest BCUT2D eigenvalue weighted by Crippen LogP contribution is 2.24. The second-order valence-corrected chi connectivity index (χ2v) is 8.68. The molecule has 0 heterocycles. The third-order valence-corrected chi connectivity index (χ3v) is 7.18. The van der Waals surface area contributed by atoms with Crippen LogP contribution < -0.4 is 0 Å². The molecule has 0 radical (unpaired) electrons. The Kier molecular flexibility index (Phi) is 9.72. The zero-order valence-electron chi connectivity index (χ0n) is 16.1. The van der Waals surface area contributed by atoms with Gasteiger partial charge in [-0.05, 0) is 64.8 Å². The summed E-state index contributed by atoms with van der Waals surface area (Å²) in [5.74, 6) is -1.02. The summed E-state index contributed by atoms with van der Waals surface area (Å²) in [4.78, 5) is 24.7. The summed E-state index contributed by atoms with van der Waals surface area (Å²) in [7, 11) is -2.77. The van der Waals surface area contributed by atoms with E-state index in [4.69, 9.17) is 13.3 Å². The number of phenols is 1. The fourth-order valence-electron chi connectivity index (χ4n) is 2.87. The normalized spacial score (nSPS) is 12.8. The number of benzene rings is 1. The number of ketones is 2. The monoisotopic (exact) mass is 382 g/mol. The van der Waals surface area contributed by atoms with Crippen LogP contribution in [0.15, 0.2) is 24.3 Å². The molecular weight excluding hydrogens is 352 g/mol. The second-order valence-electron chi connectivity index (χ2n) is 5.95. The Morgan fingerprint density at radius 1 is 1.00 bits per heavy atom. The molecule has 1 atom stereocenters. The van der Waals surface area contributed by atoms with Gasteiger partial charge in [0.05, 0.1) is 5.92 Å². The molecule has 0 amide bonds. The van der Waals surface area contributed by atoms with Crippen LogP contribution in [0.5, 0.6) is 5.75 Å². The van der Waals surface area contributed by atoms with Crippen LogP contribution >= 0.6 is 0 Å². The average molecular weight is 383 g/mol. The molecule has 1 aromatic rings. The van der Waals surface area contributed by atoms with E-state index in [9.17, 15) is 14.7 Å². The van der Waals surface area contributed by atoms with E-state index in [-0.39, 0.29) is 17.3 Å². The minimum atomic E-state index is -2.77. The number of carbonyl (C=O) groups excluding carboxylic acids is 2. The highest BCUT2D eigenvalue weighted by atomic mass is 28.4. The van der Waals surface area contributed by atoms with Crippen molar-refractivity contribution in [3.8, 4) is 5.75 Å². The van der Waals surface area contributed by atoms with Gasteiger partial charge in [-0.1, -0.05) is 0 Å². The number of Topliss-reactive ketones (excluding diaryl/α,β-unsaturated/α-hetero) is 2. The van der Waals surface area contributed by atoms with Crippen LogP contribution in [0.3, 0.4) is 0 Å². The smallest absolute Gasteiger partial charge is 0.500 e. The van der Waals surface area contributed by atoms with Crippen LogP contribution in [0.4, 0.5) is 0 Å². The Morgan fingerprint density at radius 3 is 1.92 bits per heavy atom. The Labute approximate surface area is 156 Å². The number of hydrogen-bond acceptors (Lipinski definition) is 6. The van der Waals surface area contributed by atoms with Crippen LogP contribution in [0.2, 0.25) is 6.04 Å². The van der Waals surface area contributed by atoms with Crippen molar-refractivity contribution in [3.05, 3.63) is 29.8 Å². The molecule has 0 aliphatic carbocycles. The number of hydrogen-bond donors (Lipinski definition) is 1. The molecule has 0 spiro atoms. The van der Waals surface area contributed by atoms with Crippen molar-refractivity contribution >= 4 is 20.4 Å². The maximum Gasteiger partial charge on any atom is 0.500 e. The van der Waals surface area contributed by atoms with Gasteiger partial charge in [-0.3, -0.25) is 9.59 Å². The molecule has 0 fully saturated rings. The first kappa shape index (κ1) is 22.5. The molecule has 0 saturated carbocycles. The van der Waals surface area contributed by atoms with Crippen molar-refractivity contribution in [2.75, 3.05) is 19.8 Å². The third-order valence-electron chi connectivity index (χ3n) is 4.03. The summed E-state index contributed by atoms with van der Waals surface area (Å²) in [6, 6.07) is 6.53. The number of carbonyl (C=O) groups is 2. The van der Waals surface area contributed by atoms with Gasteiger partial charge in [-0.15, -0.1) is 0 Å². The van der Waals surface area contributed by atoms with Crippen LogP contribution in [-0.2, 0) is 18.1 Å². The molecule has 0 saturated heterocycles. The summed E-state index contributed by atoms with van der Waals surface area (Å²) >= 11 is 0. The van der Waals surface area contributed by atoms with Crippen molar-refractivity contribution in [2.45, 2.75) is 46.6 Å². The van der Waals surface area contributed by atoms with Gasteiger partial charge >= 0.3 is 8.80 Å².